The molecule has 0 amide bonds. The third-order valence-electron chi connectivity index (χ3n) is 4.65. The number of hydrogen-bond donors (Lipinski definition) is 3. The molecule has 5 nitrogen and oxygen atoms in total. The Morgan fingerprint density at radius 1 is 1.31 bits per heavy atom. The molecular weight excluding hydrogens is 324 g/mol. The van der Waals surface area contributed by atoms with Crippen LogP contribution in [0.2, 0.25) is 0 Å². The maximum Gasteiger partial charge on any atom is 0.191 e. The van der Waals surface area contributed by atoms with Crippen molar-refractivity contribution in [2.24, 2.45) is 4.99 Å². The van der Waals surface area contributed by atoms with E-state index in [-0.39, 0.29) is 0 Å². The molecule has 0 radical (unpaired) electrons. The number of aryl methyl sites for hydroxylation is 1. The van der Waals surface area contributed by atoms with Crippen molar-refractivity contribution in [2.75, 3.05) is 32.7 Å². The van der Waals surface area contributed by atoms with E-state index in [4.69, 9.17) is 0 Å². The Hall–Kier alpha value is -1.85. The number of benzene rings is 1. The van der Waals surface area contributed by atoms with Crippen molar-refractivity contribution < 1.29 is 5.11 Å². The monoisotopic (exact) mass is 358 g/mol. The van der Waals surface area contributed by atoms with E-state index in [0.29, 0.717) is 12.6 Å². The number of aliphatic imine (C=N–C) groups is 1. The molecule has 1 saturated heterocycles. The predicted molar refractivity (Wildman–Crippen MR) is 110 cm³/mol. The zero-order valence-corrected chi connectivity index (χ0v) is 16.5. The van der Waals surface area contributed by atoms with Crippen LogP contribution >= 0.6 is 0 Å². The summed E-state index contributed by atoms with van der Waals surface area (Å²) in [6.45, 7) is 14.5. The van der Waals surface area contributed by atoms with E-state index in [0.717, 1.165) is 50.5 Å². The van der Waals surface area contributed by atoms with Gasteiger partial charge < -0.3 is 15.7 Å². The van der Waals surface area contributed by atoms with Crippen molar-refractivity contribution in [2.45, 2.75) is 45.8 Å². The predicted octanol–water partition coefficient (Wildman–Crippen LogP) is 2.62. The van der Waals surface area contributed by atoms with Crippen molar-refractivity contribution >= 4 is 5.96 Å². The average molecular weight is 359 g/mol. The summed E-state index contributed by atoms with van der Waals surface area (Å²) in [4.78, 5) is 7.04. The van der Waals surface area contributed by atoms with Crippen molar-refractivity contribution in [3.63, 3.8) is 0 Å². The first-order chi connectivity index (χ1) is 12.5. The van der Waals surface area contributed by atoms with Gasteiger partial charge in [-0.15, -0.1) is 0 Å². The first kappa shape index (κ1) is 20.5. The Kier molecular flexibility index (Phi) is 8.13. The van der Waals surface area contributed by atoms with Crippen LogP contribution in [-0.4, -0.2) is 54.7 Å². The molecule has 5 heteroatoms. The summed E-state index contributed by atoms with van der Waals surface area (Å²) in [5, 5.41) is 17.2. The van der Waals surface area contributed by atoms with E-state index in [2.05, 4.69) is 41.0 Å². The second-order valence-corrected chi connectivity index (χ2v) is 7.30. The number of piperidine rings is 1. The Morgan fingerprint density at radius 3 is 2.54 bits per heavy atom. The van der Waals surface area contributed by atoms with Crippen LogP contribution in [0.5, 0.6) is 0 Å². The Morgan fingerprint density at radius 2 is 1.96 bits per heavy atom. The Balaban J connectivity index is 1.86. The fraction of sp³-hybridized carbons (Fsp3) is 0.571. The zero-order chi connectivity index (χ0) is 18.9. The van der Waals surface area contributed by atoms with Gasteiger partial charge in [0.05, 0.1) is 12.6 Å². The number of hydrogen-bond acceptors (Lipinski definition) is 3. The molecule has 1 fully saturated rings. The van der Waals surface area contributed by atoms with Gasteiger partial charge in [-0.3, -0.25) is 9.89 Å². The molecule has 2 rings (SSSR count). The van der Waals surface area contributed by atoms with Crippen LogP contribution in [0.15, 0.2) is 41.4 Å². The highest BCUT2D eigenvalue weighted by atomic mass is 16.3. The molecule has 1 atom stereocenters. The smallest absolute Gasteiger partial charge is 0.191 e. The minimum Gasteiger partial charge on any atom is -0.386 e. The molecule has 1 aliphatic heterocycles. The molecule has 0 aliphatic carbocycles. The van der Waals surface area contributed by atoms with Crippen LogP contribution in [-0.2, 0) is 0 Å². The van der Waals surface area contributed by atoms with Crippen LogP contribution in [0, 0.1) is 6.92 Å². The molecule has 0 bridgehead atoms. The fourth-order valence-corrected chi connectivity index (χ4v) is 3.20. The third kappa shape index (κ3) is 6.81. The number of nitrogens with one attached hydrogen (secondary N) is 2. The number of nitrogens with zero attached hydrogens (tertiary/aromatic N) is 2. The maximum atomic E-state index is 10.4. The maximum absolute atomic E-state index is 10.4. The van der Waals surface area contributed by atoms with E-state index < -0.39 is 6.10 Å². The third-order valence-corrected chi connectivity index (χ3v) is 4.65. The standard InChI is InChI=1S/C21H34N4O/c1-5-22-21(23-14-20(26)18-8-6-17(4)7-9-18)24-19-10-12-25(13-11-19)15-16(2)3/h6-9,19-20,26H,2,5,10-15H2,1,3-4H3,(H2,22,23,24). The summed E-state index contributed by atoms with van der Waals surface area (Å²) >= 11 is 0. The summed E-state index contributed by atoms with van der Waals surface area (Å²) in [7, 11) is 0. The molecule has 1 aliphatic rings. The highest BCUT2D eigenvalue weighted by molar-refractivity contribution is 5.80. The lowest BCUT2D eigenvalue weighted by molar-refractivity contribution is 0.186. The van der Waals surface area contributed by atoms with Gasteiger partial charge in [0.15, 0.2) is 5.96 Å². The van der Waals surface area contributed by atoms with E-state index in [1.165, 1.54) is 11.1 Å². The molecule has 1 unspecified atom stereocenters. The lowest BCUT2D eigenvalue weighted by Crippen LogP contribution is -2.49. The summed E-state index contributed by atoms with van der Waals surface area (Å²) in [6.07, 6.45) is 1.61. The number of likely N-dealkylation sites (tertiary alicyclic amines) is 1. The second kappa shape index (κ2) is 10.3. The minimum atomic E-state index is -0.580. The van der Waals surface area contributed by atoms with Gasteiger partial charge >= 0.3 is 0 Å². The molecule has 1 aromatic carbocycles. The molecule has 0 aromatic heterocycles. The lowest BCUT2D eigenvalue weighted by Gasteiger charge is -2.33. The van der Waals surface area contributed by atoms with Crippen LogP contribution in [0.3, 0.4) is 0 Å². The molecule has 1 aromatic rings. The number of guanidine groups is 1. The van der Waals surface area contributed by atoms with Crippen LogP contribution in [0.1, 0.15) is 43.9 Å². The molecule has 0 spiro atoms. The number of aliphatic hydroxyl groups excluding tert-OH is 1. The summed E-state index contributed by atoms with van der Waals surface area (Å²) < 4.78 is 0. The van der Waals surface area contributed by atoms with Gasteiger partial charge in [-0.05, 0) is 39.2 Å². The van der Waals surface area contributed by atoms with E-state index in [1.807, 2.05) is 31.2 Å². The summed E-state index contributed by atoms with van der Waals surface area (Å²) in [6, 6.07) is 8.39. The molecule has 144 valence electrons. The van der Waals surface area contributed by atoms with Crippen LogP contribution in [0.4, 0.5) is 0 Å². The van der Waals surface area contributed by atoms with E-state index in [9.17, 15) is 5.11 Å². The van der Waals surface area contributed by atoms with Gasteiger partial charge in [-0.2, -0.15) is 0 Å². The number of aliphatic hydroxyl groups is 1. The quantitative estimate of drug-likeness (QED) is 0.398. The number of rotatable bonds is 7. The summed E-state index contributed by atoms with van der Waals surface area (Å²) in [5.74, 6) is 0.789. The van der Waals surface area contributed by atoms with E-state index in [1.54, 1.807) is 0 Å². The first-order valence-corrected chi connectivity index (χ1v) is 9.64. The highest BCUT2D eigenvalue weighted by Gasteiger charge is 2.20. The van der Waals surface area contributed by atoms with Crippen LogP contribution < -0.4 is 10.6 Å². The van der Waals surface area contributed by atoms with Gasteiger partial charge in [-0.1, -0.05) is 42.0 Å². The SMILES string of the molecule is C=C(C)CN1CCC(NC(=NCC(O)c2ccc(C)cc2)NCC)CC1. The largest absolute Gasteiger partial charge is 0.386 e. The van der Waals surface area contributed by atoms with Crippen molar-refractivity contribution in [1.29, 1.82) is 0 Å². The normalized spacial score (nSPS) is 17.8. The Bertz CT molecular complexity index is 589. The Labute approximate surface area is 158 Å². The van der Waals surface area contributed by atoms with Crippen LogP contribution in [0.25, 0.3) is 0 Å². The van der Waals surface area contributed by atoms with Crippen molar-refractivity contribution in [3.8, 4) is 0 Å². The molecule has 0 saturated carbocycles. The summed E-state index contributed by atoms with van der Waals surface area (Å²) in [5.41, 5.74) is 3.32. The van der Waals surface area contributed by atoms with Crippen molar-refractivity contribution in [3.05, 3.63) is 47.5 Å². The molecule has 1 heterocycles. The van der Waals surface area contributed by atoms with Gasteiger partial charge in [0.25, 0.3) is 0 Å². The lowest BCUT2D eigenvalue weighted by atomic mass is 10.0. The van der Waals surface area contributed by atoms with Gasteiger partial charge in [0, 0.05) is 32.2 Å². The topological polar surface area (TPSA) is 59.9 Å². The first-order valence-electron chi connectivity index (χ1n) is 9.64. The minimum absolute atomic E-state index is 0.354. The highest BCUT2D eigenvalue weighted by Crippen LogP contribution is 2.14. The van der Waals surface area contributed by atoms with Gasteiger partial charge in [-0.25, -0.2) is 0 Å². The van der Waals surface area contributed by atoms with Gasteiger partial charge in [0.2, 0.25) is 0 Å². The molecule has 26 heavy (non-hydrogen) atoms. The molecular formula is C21H34N4O. The second-order valence-electron chi connectivity index (χ2n) is 7.30. The molecule has 3 N–H and O–H groups in total. The van der Waals surface area contributed by atoms with Gasteiger partial charge in [0.1, 0.15) is 0 Å². The van der Waals surface area contributed by atoms with Crippen molar-refractivity contribution in [1.82, 2.24) is 15.5 Å². The van der Waals surface area contributed by atoms with E-state index >= 15 is 0 Å². The average Bonchev–Trinajstić information content (AvgIpc) is 2.61. The fourth-order valence-electron chi connectivity index (χ4n) is 3.20. The zero-order valence-electron chi connectivity index (χ0n) is 16.5.